The average molecular weight is 201 g/mol. The SMILES string of the molecule is CC(C)C[SiH](CC(C)C)NC(C)C. The van der Waals surface area contributed by atoms with E-state index in [4.69, 9.17) is 0 Å². The molecule has 0 spiro atoms. The van der Waals surface area contributed by atoms with Gasteiger partial charge in [-0.2, -0.15) is 0 Å². The highest BCUT2D eigenvalue weighted by atomic mass is 28.3. The van der Waals surface area contributed by atoms with Crippen molar-refractivity contribution in [3.63, 3.8) is 0 Å². The fraction of sp³-hybridized carbons (Fsp3) is 1.00. The summed E-state index contributed by atoms with van der Waals surface area (Å²) in [5, 5.41) is 0. The first-order valence-corrected chi connectivity index (χ1v) is 7.88. The maximum absolute atomic E-state index is 3.78. The molecule has 0 aromatic carbocycles. The number of hydrogen-bond acceptors (Lipinski definition) is 1. The Morgan fingerprint density at radius 1 is 0.846 bits per heavy atom. The fourth-order valence-electron chi connectivity index (χ4n) is 1.84. The van der Waals surface area contributed by atoms with Gasteiger partial charge in [0.15, 0.2) is 0 Å². The number of nitrogens with one attached hydrogen (secondary N) is 1. The molecule has 0 saturated heterocycles. The van der Waals surface area contributed by atoms with Crippen LogP contribution >= 0.6 is 0 Å². The van der Waals surface area contributed by atoms with E-state index in [9.17, 15) is 0 Å². The van der Waals surface area contributed by atoms with Crippen LogP contribution in [-0.4, -0.2) is 15.0 Å². The average Bonchev–Trinajstić information content (AvgIpc) is 1.80. The molecule has 0 atom stereocenters. The molecule has 2 heteroatoms. The Labute approximate surface area is 86.0 Å². The van der Waals surface area contributed by atoms with Crippen molar-refractivity contribution in [2.24, 2.45) is 11.8 Å². The van der Waals surface area contributed by atoms with Crippen molar-refractivity contribution < 1.29 is 0 Å². The van der Waals surface area contributed by atoms with Crippen molar-refractivity contribution >= 4 is 8.96 Å². The molecule has 0 radical (unpaired) electrons. The lowest BCUT2D eigenvalue weighted by Crippen LogP contribution is -2.40. The van der Waals surface area contributed by atoms with Gasteiger partial charge in [-0.1, -0.05) is 41.5 Å². The van der Waals surface area contributed by atoms with E-state index in [1.165, 1.54) is 12.1 Å². The van der Waals surface area contributed by atoms with Crippen LogP contribution < -0.4 is 4.98 Å². The summed E-state index contributed by atoms with van der Waals surface area (Å²) in [6.07, 6.45) is 0. The highest BCUT2D eigenvalue weighted by Crippen LogP contribution is 2.12. The van der Waals surface area contributed by atoms with Crippen LogP contribution in [0.15, 0.2) is 0 Å². The van der Waals surface area contributed by atoms with Crippen LogP contribution in [-0.2, 0) is 0 Å². The van der Waals surface area contributed by atoms with Gasteiger partial charge in [-0.25, -0.2) is 0 Å². The maximum Gasteiger partial charge on any atom is 0.109 e. The molecule has 0 fully saturated rings. The van der Waals surface area contributed by atoms with Gasteiger partial charge in [-0.05, 0) is 30.0 Å². The van der Waals surface area contributed by atoms with Crippen LogP contribution in [0.5, 0.6) is 0 Å². The predicted molar refractivity (Wildman–Crippen MR) is 64.7 cm³/mol. The third kappa shape index (κ3) is 8.51. The van der Waals surface area contributed by atoms with Gasteiger partial charge in [0.05, 0.1) is 0 Å². The van der Waals surface area contributed by atoms with Gasteiger partial charge >= 0.3 is 0 Å². The lowest BCUT2D eigenvalue weighted by atomic mass is 10.3. The molecule has 0 aromatic rings. The first kappa shape index (κ1) is 13.2. The summed E-state index contributed by atoms with van der Waals surface area (Å²) in [7, 11) is -0.657. The third-order valence-corrected chi connectivity index (χ3v) is 6.24. The molecule has 1 N–H and O–H groups in total. The smallest absolute Gasteiger partial charge is 0.109 e. The Balaban J connectivity index is 3.87. The van der Waals surface area contributed by atoms with Gasteiger partial charge in [0.1, 0.15) is 8.96 Å². The summed E-state index contributed by atoms with van der Waals surface area (Å²) >= 11 is 0. The summed E-state index contributed by atoms with van der Waals surface area (Å²) in [6.45, 7) is 13.9. The molecule has 0 saturated carbocycles. The van der Waals surface area contributed by atoms with Crippen molar-refractivity contribution in [3.05, 3.63) is 0 Å². The standard InChI is InChI=1S/C11H27NSi/c1-9(2)7-13(8-10(3)4)12-11(5)6/h9-13H,7-8H2,1-6H3. The van der Waals surface area contributed by atoms with Crippen molar-refractivity contribution in [1.29, 1.82) is 0 Å². The Kier molecular flexibility index (Phi) is 6.69. The highest BCUT2D eigenvalue weighted by Gasteiger charge is 2.15. The zero-order valence-corrected chi connectivity index (χ0v) is 11.4. The maximum atomic E-state index is 3.78. The normalized spacial score (nSPS) is 12.5. The number of hydrogen-bond donors (Lipinski definition) is 1. The van der Waals surface area contributed by atoms with Gasteiger partial charge in [0, 0.05) is 0 Å². The van der Waals surface area contributed by atoms with Crippen LogP contribution in [0.25, 0.3) is 0 Å². The third-order valence-electron chi connectivity index (χ3n) is 2.08. The lowest BCUT2D eigenvalue weighted by Gasteiger charge is -2.23. The van der Waals surface area contributed by atoms with E-state index in [0.717, 1.165) is 11.8 Å². The molecule has 0 aliphatic heterocycles. The van der Waals surface area contributed by atoms with Crippen LogP contribution in [0.2, 0.25) is 12.1 Å². The van der Waals surface area contributed by atoms with Gasteiger partial charge in [0.2, 0.25) is 0 Å². The summed E-state index contributed by atoms with van der Waals surface area (Å²) in [4.78, 5) is 3.78. The summed E-state index contributed by atoms with van der Waals surface area (Å²) in [5.74, 6) is 1.73. The van der Waals surface area contributed by atoms with E-state index in [0.29, 0.717) is 6.04 Å². The second-order valence-electron chi connectivity index (χ2n) is 5.28. The van der Waals surface area contributed by atoms with E-state index >= 15 is 0 Å². The summed E-state index contributed by atoms with van der Waals surface area (Å²) in [6, 6.07) is 3.56. The zero-order valence-electron chi connectivity index (χ0n) is 10.2. The van der Waals surface area contributed by atoms with Gasteiger partial charge in [0.25, 0.3) is 0 Å². The Morgan fingerprint density at radius 2 is 1.23 bits per heavy atom. The molecule has 0 aliphatic carbocycles. The van der Waals surface area contributed by atoms with Crippen LogP contribution in [0.4, 0.5) is 0 Å². The lowest BCUT2D eigenvalue weighted by molar-refractivity contribution is 0.651. The van der Waals surface area contributed by atoms with Gasteiger partial charge < -0.3 is 4.98 Å². The minimum absolute atomic E-state index is 0.657. The highest BCUT2D eigenvalue weighted by molar-refractivity contribution is 6.56. The molecule has 1 nitrogen and oxygen atoms in total. The minimum atomic E-state index is -0.657. The monoisotopic (exact) mass is 201 g/mol. The quantitative estimate of drug-likeness (QED) is 0.651. The Hall–Kier alpha value is 0.177. The van der Waals surface area contributed by atoms with Crippen molar-refractivity contribution in [1.82, 2.24) is 4.98 Å². The first-order chi connectivity index (χ1) is 5.91. The zero-order chi connectivity index (χ0) is 10.4. The fourth-order valence-corrected chi connectivity index (χ4v) is 5.53. The van der Waals surface area contributed by atoms with Crippen LogP contribution in [0.3, 0.4) is 0 Å². The van der Waals surface area contributed by atoms with E-state index in [1.807, 2.05) is 0 Å². The molecule has 0 aromatic heterocycles. The summed E-state index contributed by atoms with van der Waals surface area (Å²) < 4.78 is 0. The van der Waals surface area contributed by atoms with Crippen molar-refractivity contribution in [3.8, 4) is 0 Å². The van der Waals surface area contributed by atoms with Crippen LogP contribution in [0.1, 0.15) is 41.5 Å². The Morgan fingerprint density at radius 3 is 1.46 bits per heavy atom. The molecule has 0 unspecified atom stereocenters. The second-order valence-corrected chi connectivity index (χ2v) is 7.95. The molecular weight excluding hydrogens is 174 g/mol. The second kappa shape index (κ2) is 6.60. The van der Waals surface area contributed by atoms with E-state index in [-0.39, 0.29) is 0 Å². The molecule has 13 heavy (non-hydrogen) atoms. The van der Waals surface area contributed by atoms with Crippen LogP contribution in [0, 0.1) is 11.8 Å². The topological polar surface area (TPSA) is 12.0 Å². The Bertz CT molecular complexity index is 97.5. The van der Waals surface area contributed by atoms with E-state index in [1.54, 1.807) is 0 Å². The van der Waals surface area contributed by atoms with E-state index in [2.05, 4.69) is 46.5 Å². The van der Waals surface area contributed by atoms with Gasteiger partial charge in [-0.15, -0.1) is 0 Å². The molecular formula is C11H27NSi. The van der Waals surface area contributed by atoms with Gasteiger partial charge in [-0.3, -0.25) is 0 Å². The number of rotatable bonds is 6. The minimum Gasteiger partial charge on any atom is -0.337 e. The predicted octanol–water partition coefficient (Wildman–Crippen LogP) is 3.02. The molecule has 0 aliphatic rings. The molecule has 0 rings (SSSR count). The summed E-state index contributed by atoms with van der Waals surface area (Å²) in [5.41, 5.74) is 0. The largest absolute Gasteiger partial charge is 0.337 e. The molecule has 0 amide bonds. The molecule has 0 bridgehead atoms. The molecule has 0 heterocycles. The van der Waals surface area contributed by atoms with Crippen molar-refractivity contribution in [2.75, 3.05) is 0 Å². The van der Waals surface area contributed by atoms with E-state index < -0.39 is 8.96 Å². The first-order valence-electron chi connectivity index (χ1n) is 5.67. The van der Waals surface area contributed by atoms with Crippen molar-refractivity contribution in [2.45, 2.75) is 59.7 Å². The molecule has 80 valence electrons.